The van der Waals surface area contributed by atoms with E-state index in [-0.39, 0.29) is 11.7 Å². The van der Waals surface area contributed by atoms with Crippen LogP contribution in [-0.4, -0.2) is 28.9 Å². The lowest BCUT2D eigenvalue weighted by molar-refractivity contribution is 0.102. The number of pyridine rings is 1. The lowest BCUT2D eigenvalue weighted by Gasteiger charge is -2.16. The SMILES string of the molecule is CCN(CC)Cc1cc2nccc(Oc3ccc(NC(=O)c4cccc(Oc5ccccc5)c4)cc3F)c2s1. The predicted molar refractivity (Wildman–Crippen MR) is 154 cm³/mol. The largest absolute Gasteiger partial charge is 0.457 e. The first-order valence-corrected chi connectivity index (χ1v) is 13.6. The van der Waals surface area contributed by atoms with Crippen molar-refractivity contribution >= 4 is 33.1 Å². The van der Waals surface area contributed by atoms with E-state index in [9.17, 15) is 4.79 Å². The number of halogens is 1. The molecule has 0 atom stereocenters. The normalized spacial score (nSPS) is 11.1. The molecule has 0 saturated heterocycles. The molecular formula is C31H28FN3O3S. The third kappa shape index (κ3) is 6.42. The first kappa shape index (κ1) is 26.3. The summed E-state index contributed by atoms with van der Waals surface area (Å²) in [7, 11) is 0. The van der Waals surface area contributed by atoms with Crippen LogP contribution in [0.3, 0.4) is 0 Å². The standard InChI is InChI=1S/C31H28FN3O3S/c1-3-35(4-2)20-25-19-27-30(39-25)29(15-16-33-27)38-28-14-13-22(18-26(28)32)34-31(36)21-9-8-12-24(17-21)37-23-10-6-5-7-11-23/h5-19H,3-4,20H2,1-2H3,(H,34,36). The Morgan fingerprint density at radius 1 is 0.897 bits per heavy atom. The van der Waals surface area contributed by atoms with Crippen molar-refractivity contribution in [1.82, 2.24) is 9.88 Å². The minimum absolute atomic E-state index is 0.0671. The molecule has 2 aromatic heterocycles. The minimum atomic E-state index is -0.584. The monoisotopic (exact) mass is 541 g/mol. The third-order valence-corrected chi connectivity index (χ3v) is 7.31. The Balaban J connectivity index is 1.28. The van der Waals surface area contributed by atoms with E-state index in [0.29, 0.717) is 28.5 Å². The maximum atomic E-state index is 15.0. The zero-order valence-corrected chi connectivity index (χ0v) is 22.5. The average Bonchev–Trinajstić information content (AvgIpc) is 3.37. The van der Waals surface area contributed by atoms with Gasteiger partial charge in [0.05, 0.1) is 10.2 Å². The molecule has 0 unspecified atom stereocenters. The Hall–Kier alpha value is -4.27. The first-order valence-electron chi connectivity index (χ1n) is 12.7. The van der Waals surface area contributed by atoms with Crippen LogP contribution < -0.4 is 14.8 Å². The number of ether oxygens (including phenoxy) is 2. The number of nitrogens with zero attached hydrogens (tertiary/aromatic N) is 2. The van der Waals surface area contributed by atoms with Crippen LogP contribution in [0.25, 0.3) is 10.2 Å². The fourth-order valence-electron chi connectivity index (χ4n) is 4.10. The highest BCUT2D eigenvalue weighted by Gasteiger charge is 2.15. The fourth-order valence-corrected chi connectivity index (χ4v) is 5.21. The van der Waals surface area contributed by atoms with Crippen molar-refractivity contribution in [3.05, 3.63) is 107 Å². The zero-order chi connectivity index (χ0) is 27.2. The first-order chi connectivity index (χ1) is 19.0. The number of carbonyl (C=O) groups excluding carboxylic acids is 1. The van der Waals surface area contributed by atoms with Gasteiger partial charge in [-0.15, -0.1) is 11.3 Å². The molecule has 5 aromatic rings. The summed E-state index contributed by atoms with van der Waals surface area (Å²) >= 11 is 1.60. The topological polar surface area (TPSA) is 63.7 Å². The molecule has 0 aliphatic heterocycles. The average molecular weight is 542 g/mol. The Labute approximate surface area is 230 Å². The summed E-state index contributed by atoms with van der Waals surface area (Å²) in [5.41, 5.74) is 1.53. The summed E-state index contributed by atoms with van der Waals surface area (Å²) in [5.74, 6) is 0.845. The van der Waals surface area contributed by atoms with Crippen molar-refractivity contribution in [3.8, 4) is 23.0 Å². The van der Waals surface area contributed by atoms with Crippen molar-refractivity contribution in [2.45, 2.75) is 20.4 Å². The molecule has 2 heterocycles. The molecule has 0 radical (unpaired) electrons. The van der Waals surface area contributed by atoms with Crippen molar-refractivity contribution in [1.29, 1.82) is 0 Å². The molecule has 6 nitrogen and oxygen atoms in total. The highest BCUT2D eigenvalue weighted by atomic mass is 32.1. The predicted octanol–water partition coefficient (Wildman–Crippen LogP) is 8.11. The summed E-state index contributed by atoms with van der Waals surface area (Å²) in [5, 5.41) is 2.74. The van der Waals surface area contributed by atoms with Gasteiger partial charge in [-0.3, -0.25) is 14.7 Å². The molecule has 0 bridgehead atoms. The number of anilines is 1. The third-order valence-electron chi connectivity index (χ3n) is 6.19. The fraction of sp³-hybridized carbons (Fsp3) is 0.161. The van der Waals surface area contributed by atoms with Crippen molar-refractivity contribution in [2.75, 3.05) is 18.4 Å². The van der Waals surface area contributed by atoms with Gasteiger partial charge in [0, 0.05) is 41.0 Å². The Kier molecular flexibility index (Phi) is 8.15. The van der Waals surface area contributed by atoms with Gasteiger partial charge < -0.3 is 14.8 Å². The number of carbonyl (C=O) groups is 1. The summed E-state index contributed by atoms with van der Waals surface area (Å²) < 4.78 is 27.7. The molecule has 5 rings (SSSR count). The lowest BCUT2D eigenvalue weighted by Crippen LogP contribution is -2.21. The van der Waals surface area contributed by atoms with Gasteiger partial charge in [0.2, 0.25) is 0 Å². The highest BCUT2D eigenvalue weighted by molar-refractivity contribution is 7.19. The van der Waals surface area contributed by atoms with Gasteiger partial charge in [-0.1, -0.05) is 38.1 Å². The van der Waals surface area contributed by atoms with Gasteiger partial charge in [0.15, 0.2) is 11.6 Å². The van der Waals surface area contributed by atoms with E-state index in [1.807, 2.05) is 30.3 Å². The Morgan fingerprint density at radius 2 is 1.69 bits per heavy atom. The van der Waals surface area contributed by atoms with Crippen LogP contribution in [0.2, 0.25) is 0 Å². The highest BCUT2D eigenvalue weighted by Crippen LogP contribution is 2.36. The van der Waals surface area contributed by atoms with E-state index in [1.165, 1.54) is 17.0 Å². The molecule has 198 valence electrons. The van der Waals surface area contributed by atoms with Crippen LogP contribution in [0, 0.1) is 5.82 Å². The number of rotatable bonds is 10. The number of para-hydroxylation sites is 1. The van der Waals surface area contributed by atoms with Crippen LogP contribution in [0.1, 0.15) is 29.1 Å². The van der Waals surface area contributed by atoms with Gasteiger partial charge >= 0.3 is 0 Å². The molecule has 0 fully saturated rings. The molecule has 3 aromatic carbocycles. The number of nitrogens with one attached hydrogen (secondary N) is 1. The Morgan fingerprint density at radius 3 is 2.46 bits per heavy atom. The molecule has 1 amide bonds. The molecule has 39 heavy (non-hydrogen) atoms. The van der Waals surface area contributed by atoms with E-state index < -0.39 is 5.82 Å². The number of aromatic nitrogens is 1. The van der Waals surface area contributed by atoms with Crippen LogP contribution in [0.15, 0.2) is 91.1 Å². The van der Waals surface area contributed by atoms with Crippen molar-refractivity contribution in [2.24, 2.45) is 0 Å². The maximum absolute atomic E-state index is 15.0. The number of thiophene rings is 1. The van der Waals surface area contributed by atoms with E-state index in [2.05, 4.69) is 35.1 Å². The summed E-state index contributed by atoms with van der Waals surface area (Å²) in [6.07, 6.45) is 1.66. The molecule has 0 aliphatic rings. The Bertz CT molecular complexity index is 1590. The summed E-state index contributed by atoms with van der Waals surface area (Å²) in [6, 6.07) is 24.3. The number of amides is 1. The number of benzene rings is 3. The molecule has 0 spiro atoms. The second kappa shape index (κ2) is 12.1. The van der Waals surface area contributed by atoms with Gasteiger partial charge in [-0.2, -0.15) is 0 Å². The van der Waals surface area contributed by atoms with E-state index in [1.54, 1.807) is 53.9 Å². The van der Waals surface area contributed by atoms with Crippen LogP contribution in [0.5, 0.6) is 23.0 Å². The molecular weight excluding hydrogens is 513 g/mol. The van der Waals surface area contributed by atoms with Gasteiger partial charge in [0.25, 0.3) is 5.91 Å². The minimum Gasteiger partial charge on any atom is -0.457 e. The second-order valence-corrected chi connectivity index (χ2v) is 9.98. The van der Waals surface area contributed by atoms with Crippen molar-refractivity contribution < 1.29 is 18.7 Å². The van der Waals surface area contributed by atoms with Gasteiger partial charge in [0.1, 0.15) is 17.2 Å². The van der Waals surface area contributed by atoms with Crippen LogP contribution >= 0.6 is 11.3 Å². The summed E-state index contributed by atoms with van der Waals surface area (Å²) in [4.78, 5) is 20.8. The second-order valence-electron chi connectivity index (χ2n) is 8.84. The van der Waals surface area contributed by atoms with Gasteiger partial charge in [-0.05, 0) is 61.6 Å². The zero-order valence-electron chi connectivity index (χ0n) is 21.7. The lowest BCUT2D eigenvalue weighted by atomic mass is 10.2. The van der Waals surface area contributed by atoms with Crippen LogP contribution in [-0.2, 0) is 6.54 Å². The van der Waals surface area contributed by atoms with E-state index in [4.69, 9.17) is 9.47 Å². The number of fused-ring (bicyclic) bond motifs is 1. The van der Waals surface area contributed by atoms with E-state index in [0.717, 1.165) is 29.9 Å². The van der Waals surface area contributed by atoms with Gasteiger partial charge in [-0.25, -0.2) is 4.39 Å². The summed E-state index contributed by atoms with van der Waals surface area (Å²) in [6.45, 7) is 7.02. The number of hydrogen-bond donors (Lipinski definition) is 1. The molecule has 8 heteroatoms. The number of hydrogen-bond acceptors (Lipinski definition) is 6. The molecule has 1 N–H and O–H groups in total. The van der Waals surface area contributed by atoms with E-state index >= 15 is 4.39 Å². The van der Waals surface area contributed by atoms with Crippen molar-refractivity contribution in [3.63, 3.8) is 0 Å². The quantitative estimate of drug-likeness (QED) is 0.193. The molecule has 0 aliphatic carbocycles. The smallest absolute Gasteiger partial charge is 0.255 e. The van der Waals surface area contributed by atoms with Crippen LogP contribution in [0.4, 0.5) is 10.1 Å². The maximum Gasteiger partial charge on any atom is 0.255 e. The molecule has 0 saturated carbocycles.